The number of hydrogen-bond donors (Lipinski definition) is 5. The van der Waals surface area contributed by atoms with Gasteiger partial charge in [-0.05, 0) is 0 Å². The van der Waals surface area contributed by atoms with Gasteiger partial charge in [-0.1, -0.05) is 0 Å². The van der Waals surface area contributed by atoms with Crippen molar-refractivity contribution in [2.24, 2.45) is 0 Å². The van der Waals surface area contributed by atoms with Crippen LogP contribution < -0.4 is 0 Å². The van der Waals surface area contributed by atoms with Gasteiger partial charge in [0.2, 0.25) is 0 Å². The number of rotatable bonds is 2. The van der Waals surface area contributed by atoms with E-state index in [9.17, 15) is 9.59 Å². The third-order valence-corrected chi connectivity index (χ3v) is 0.368. The first-order chi connectivity index (χ1) is 5.63. The molecule has 0 aliphatic rings. The third kappa shape index (κ3) is 70.1. The van der Waals surface area contributed by atoms with E-state index in [1.165, 1.54) is 0 Å². The van der Waals surface area contributed by atoms with Crippen LogP contribution in [-0.4, -0.2) is 150 Å². The molecule has 0 atom stereocenters. The van der Waals surface area contributed by atoms with E-state index in [2.05, 4.69) is 0 Å². The molecule has 0 bridgehead atoms. The van der Waals surface area contributed by atoms with Gasteiger partial charge < -0.3 is 24.9 Å². The average molecular weight is 340 g/mol. The van der Waals surface area contributed by atoms with Gasteiger partial charge in [0.05, 0.1) is 0 Å². The molecule has 0 saturated carbocycles. The van der Waals surface area contributed by atoms with Crippen LogP contribution in [0.2, 0.25) is 0 Å². The SMILES string of the molecule is O=C(O)C=CC(=O)O.O=P(O)(O)O.[CaH2].[CaH2].[CaH2]. The van der Waals surface area contributed by atoms with Gasteiger partial charge >= 0.3 is 133 Å². The first kappa shape index (κ1) is 31.1. The second kappa shape index (κ2) is 17.6. The summed E-state index contributed by atoms with van der Waals surface area (Å²) < 4.78 is 8.88. The van der Waals surface area contributed by atoms with Crippen LogP contribution in [0.5, 0.6) is 0 Å². The van der Waals surface area contributed by atoms with Crippen LogP contribution in [0, 0.1) is 0 Å². The number of hydrogen-bond acceptors (Lipinski definition) is 3. The first-order valence-corrected chi connectivity index (χ1v) is 4.11. The minimum atomic E-state index is -4.64. The Bertz CT molecular complexity index is 236. The molecule has 5 N–H and O–H groups in total. The van der Waals surface area contributed by atoms with Crippen LogP contribution in [0.25, 0.3) is 0 Å². The van der Waals surface area contributed by atoms with E-state index < -0.39 is 19.8 Å². The fourth-order valence-electron chi connectivity index (χ4n) is 0.143. The zero-order chi connectivity index (χ0) is 11.1. The zero-order valence-electron chi connectivity index (χ0n) is 6.06. The number of aliphatic carboxylic acids is 2. The summed E-state index contributed by atoms with van der Waals surface area (Å²) in [5.74, 6) is -2.51. The van der Waals surface area contributed by atoms with Crippen molar-refractivity contribution < 1.29 is 39.0 Å². The molecule has 0 rings (SSSR count). The van der Waals surface area contributed by atoms with Crippen molar-refractivity contribution in [3.63, 3.8) is 0 Å². The molecule has 0 aromatic heterocycles. The van der Waals surface area contributed by atoms with E-state index in [4.69, 9.17) is 29.5 Å². The predicted octanol–water partition coefficient (Wildman–Crippen LogP) is -3.97. The molecule has 0 aliphatic carbocycles. The molecule has 0 radical (unpaired) electrons. The zero-order valence-corrected chi connectivity index (χ0v) is 6.96. The molecule has 0 heterocycles. The van der Waals surface area contributed by atoms with E-state index in [1.54, 1.807) is 0 Å². The van der Waals surface area contributed by atoms with E-state index >= 15 is 0 Å². The number of carbonyl (C=O) groups is 2. The molecule has 16 heavy (non-hydrogen) atoms. The summed E-state index contributed by atoms with van der Waals surface area (Å²) in [6, 6.07) is 0. The summed E-state index contributed by atoms with van der Waals surface area (Å²) in [5, 5.41) is 15.6. The monoisotopic (exact) mass is 340 g/mol. The molecule has 12 heteroatoms. The Morgan fingerprint density at radius 2 is 0.938 bits per heavy atom. The second-order valence-electron chi connectivity index (χ2n) is 1.52. The molecule has 0 aromatic rings. The van der Waals surface area contributed by atoms with Gasteiger partial charge in [0.25, 0.3) is 0 Å². The molecule has 0 saturated heterocycles. The van der Waals surface area contributed by atoms with Crippen LogP contribution >= 0.6 is 7.82 Å². The van der Waals surface area contributed by atoms with Crippen molar-refractivity contribution in [2.75, 3.05) is 0 Å². The Hall–Kier alpha value is 2.57. The topological polar surface area (TPSA) is 152 Å². The van der Waals surface area contributed by atoms with E-state index in [0.717, 1.165) is 0 Å². The van der Waals surface area contributed by atoms with Gasteiger partial charge in [-0.3, -0.25) is 0 Å². The first-order valence-electron chi connectivity index (χ1n) is 2.55. The summed E-state index contributed by atoms with van der Waals surface area (Å²) >= 11 is 0. The van der Waals surface area contributed by atoms with Gasteiger partial charge in [0.15, 0.2) is 0 Å². The van der Waals surface area contributed by atoms with E-state index in [0.29, 0.717) is 12.2 Å². The van der Waals surface area contributed by atoms with Crippen LogP contribution in [0.1, 0.15) is 0 Å². The summed E-state index contributed by atoms with van der Waals surface area (Å²) in [7, 11) is -4.64. The Morgan fingerprint density at radius 3 is 1.00 bits per heavy atom. The summed E-state index contributed by atoms with van der Waals surface area (Å²) in [4.78, 5) is 40.7. The second-order valence-corrected chi connectivity index (χ2v) is 2.55. The van der Waals surface area contributed by atoms with Crippen LogP contribution in [0.3, 0.4) is 0 Å². The van der Waals surface area contributed by atoms with Gasteiger partial charge in [-0.2, -0.15) is 0 Å². The van der Waals surface area contributed by atoms with Gasteiger partial charge in [0.1, 0.15) is 0 Å². The Balaban J connectivity index is -0.0000000454. The van der Waals surface area contributed by atoms with E-state index in [1.807, 2.05) is 0 Å². The van der Waals surface area contributed by atoms with Crippen molar-refractivity contribution in [2.45, 2.75) is 0 Å². The van der Waals surface area contributed by atoms with Crippen molar-refractivity contribution in [1.82, 2.24) is 0 Å². The molecular formula is C4H13Ca3O8P. The number of carboxylic acids is 2. The molecule has 0 aliphatic heterocycles. The standard InChI is InChI=1S/C4H4O4.3Ca.H3O4P.6H/c5-3(6)1-2-4(7)8;;;;1-5(2,3)4;;;;;;/h1-2H,(H,5,6)(H,7,8);;;;(H3,1,2,3,4);;;;;;. The minimum absolute atomic E-state index is 0. The van der Waals surface area contributed by atoms with Crippen LogP contribution in [-0.2, 0) is 14.2 Å². The van der Waals surface area contributed by atoms with Gasteiger partial charge in [0, 0.05) is 12.2 Å². The molecule has 88 valence electrons. The molecule has 0 unspecified atom stereocenters. The maximum absolute atomic E-state index is 9.55. The van der Waals surface area contributed by atoms with E-state index in [-0.39, 0.29) is 113 Å². The number of carboxylic acid groups (broad SMARTS) is 2. The van der Waals surface area contributed by atoms with Gasteiger partial charge in [-0.25, -0.2) is 14.2 Å². The number of phosphoric acid groups is 1. The summed E-state index contributed by atoms with van der Waals surface area (Å²) in [6.45, 7) is 0. The third-order valence-electron chi connectivity index (χ3n) is 0.368. The normalized spacial score (nSPS) is 8.44. The Labute approximate surface area is 180 Å². The molecule has 0 spiro atoms. The van der Waals surface area contributed by atoms with Gasteiger partial charge in [-0.15, -0.1) is 0 Å². The van der Waals surface area contributed by atoms with Crippen molar-refractivity contribution >= 4 is 133 Å². The van der Waals surface area contributed by atoms with Crippen molar-refractivity contribution in [1.29, 1.82) is 0 Å². The summed E-state index contributed by atoms with van der Waals surface area (Å²) in [6.07, 6.45) is 1.12. The fraction of sp³-hybridized carbons (Fsp3) is 0. The Kier molecular flexibility index (Phi) is 34.2. The molecular weight excluding hydrogens is 327 g/mol. The average Bonchev–Trinajstić information content (AvgIpc) is 1.79. The van der Waals surface area contributed by atoms with Crippen molar-refractivity contribution in [3.8, 4) is 0 Å². The van der Waals surface area contributed by atoms with Crippen LogP contribution in [0.15, 0.2) is 12.2 Å². The van der Waals surface area contributed by atoms with Crippen molar-refractivity contribution in [3.05, 3.63) is 12.2 Å². The molecule has 0 amide bonds. The molecule has 0 fully saturated rings. The predicted molar refractivity (Wildman–Crippen MR) is 64.3 cm³/mol. The summed E-state index contributed by atoms with van der Waals surface area (Å²) in [5.41, 5.74) is 0. The quantitative estimate of drug-likeness (QED) is 0.194. The van der Waals surface area contributed by atoms with Crippen LogP contribution in [0.4, 0.5) is 0 Å². The molecule has 8 nitrogen and oxygen atoms in total. The Morgan fingerprint density at radius 1 is 0.812 bits per heavy atom. The molecule has 0 aromatic carbocycles. The maximum atomic E-state index is 9.55. The fourth-order valence-corrected chi connectivity index (χ4v) is 0.143.